The number of ether oxygens (including phenoxy) is 1. The summed E-state index contributed by atoms with van der Waals surface area (Å²) in [6.45, 7) is 1.74. The van der Waals surface area contributed by atoms with E-state index in [0.29, 0.717) is 13.0 Å². The predicted molar refractivity (Wildman–Crippen MR) is 94.0 cm³/mol. The number of rotatable bonds is 4. The maximum absolute atomic E-state index is 13.3. The van der Waals surface area contributed by atoms with Crippen LogP contribution in [-0.2, 0) is 15.7 Å². The number of para-hydroxylation sites is 1. The van der Waals surface area contributed by atoms with Crippen LogP contribution in [0.3, 0.4) is 0 Å². The summed E-state index contributed by atoms with van der Waals surface area (Å²) in [6.07, 6.45) is -4.29. The molecule has 0 spiro atoms. The largest absolute Gasteiger partial charge is 0.505 e. The van der Waals surface area contributed by atoms with Crippen molar-refractivity contribution in [3.8, 4) is 5.75 Å². The Morgan fingerprint density at radius 2 is 2.07 bits per heavy atom. The zero-order valence-corrected chi connectivity index (χ0v) is 15.3. The molecular formula is C19H19F3N2O4. The van der Waals surface area contributed by atoms with Gasteiger partial charge in [-0.1, -0.05) is 12.1 Å². The van der Waals surface area contributed by atoms with E-state index in [0.717, 1.165) is 6.07 Å². The standard InChI is InChI=1S/C19H19F3N2O4/c1-9-17(26)15(11-4-3-5-12(16(11)24-9)19(20,21)22)14(25)7-10-6-13(23-8-10)18(27)28-2/h3-5,10,13,23,26H,6-8H2,1-2H3. The molecule has 0 radical (unpaired) electrons. The summed E-state index contributed by atoms with van der Waals surface area (Å²) in [7, 11) is 1.27. The Bertz CT molecular complexity index is 943. The van der Waals surface area contributed by atoms with Gasteiger partial charge in [-0.2, -0.15) is 13.2 Å². The monoisotopic (exact) mass is 396 g/mol. The van der Waals surface area contributed by atoms with Crippen LogP contribution in [0.1, 0.15) is 34.5 Å². The predicted octanol–water partition coefficient (Wildman–Crippen LogP) is 2.99. The number of ketones is 1. The summed E-state index contributed by atoms with van der Waals surface area (Å²) in [5.41, 5.74) is -1.55. The smallest absolute Gasteiger partial charge is 0.418 e. The number of alkyl halides is 3. The number of carbonyl (C=O) groups excluding carboxylic acids is 2. The molecular weight excluding hydrogens is 377 g/mol. The summed E-state index contributed by atoms with van der Waals surface area (Å²) in [4.78, 5) is 28.3. The number of aromatic nitrogens is 1. The number of nitrogens with one attached hydrogen (secondary N) is 1. The van der Waals surface area contributed by atoms with Gasteiger partial charge in [-0.25, -0.2) is 4.98 Å². The molecule has 2 heterocycles. The van der Waals surface area contributed by atoms with Crippen molar-refractivity contribution < 1.29 is 32.6 Å². The van der Waals surface area contributed by atoms with Crippen molar-refractivity contribution in [1.29, 1.82) is 0 Å². The van der Waals surface area contributed by atoms with Gasteiger partial charge in [0.05, 0.1) is 29.4 Å². The van der Waals surface area contributed by atoms with Crippen LogP contribution < -0.4 is 5.32 Å². The van der Waals surface area contributed by atoms with Crippen LogP contribution in [0.15, 0.2) is 18.2 Å². The number of hydrogen-bond donors (Lipinski definition) is 2. The van der Waals surface area contributed by atoms with E-state index in [2.05, 4.69) is 15.0 Å². The Hall–Kier alpha value is -2.68. The van der Waals surface area contributed by atoms with Crippen LogP contribution in [0.25, 0.3) is 10.9 Å². The van der Waals surface area contributed by atoms with Crippen molar-refractivity contribution in [3.63, 3.8) is 0 Å². The van der Waals surface area contributed by atoms with Crippen molar-refractivity contribution in [2.75, 3.05) is 13.7 Å². The fraction of sp³-hybridized carbons (Fsp3) is 0.421. The second-order valence-electron chi connectivity index (χ2n) is 6.83. The fourth-order valence-electron chi connectivity index (χ4n) is 3.56. The molecule has 0 amide bonds. The number of hydrogen-bond acceptors (Lipinski definition) is 6. The number of fused-ring (bicyclic) bond motifs is 1. The van der Waals surface area contributed by atoms with E-state index in [9.17, 15) is 27.9 Å². The molecule has 1 aromatic carbocycles. The average Bonchev–Trinajstić information content (AvgIpc) is 3.09. The highest BCUT2D eigenvalue weighted by molar-refractivity contribution is 6.10. The lowest BCUT2D eigenvalue weighted by Gasteiger charge is -2.15. The topological polar surface area (TPSA) is 88.5 Å². The second kappa shape index (κ2) is 7.38. The Morgan fingerprint density at radius 1 is 1.36 bits per heavy atom. The molecule has 2 N–H and O–H groups in total. The molecule has 0 bridgehead atoms. The summed E-state index contributed by atoms with van der Waals surface area (Å²) in [6, 6.07) is 2.89. The van der Waals surface area contributed by atoms with E-state index in [1.807, 2.05) is 0 Å². The van der Waals surface area contributed by atoms with Crippen molar-refractivity contribution >= 4 is 22.7 Å². The molecule has 6 nitrogen and oxygen atoms in total. The van der Waals surface area contributed by atoms with Gasteiger partial charge in [-0.05, 0) is 31.9 Å². The first-order valence-electron chi connectivity index (χ1n) is 8.67. The molecule has 1 fully saturated rings. The number of esters is 1. The van der Waals surface area contributed by atoms with Crippen LogP contribution in [0.2, 0.25) is 0 Å². The SMILES string of the molecule is COC(=O)C1CC(CC(=O)c2c(O)c(C)nc3c(C(F)(F)F)cccc23)CN1. The second-order valence-corrected chi connectivity index (χ2v) is 6.83. The maximum Gasteiger partial charge on any atom is 0.418 e. The van der Waals surface area contributed by atoms with Gasteiger partial charge in [0.25, 0.3) is 0 Å². The molecule has 1 saturated heterocycles. The number of aromatic hydroxyl groups is 1. The highest BCUT2D eigenvalue weighted by atomic mass is 19.4. The number of nitrogens with zero attached hydrogens (tertiary/aromatic N) is 1. The van der Waals surface area contributed by atoms with Gasteiger partial charge in [0.1, 0.15) is 11.8 Å². The first-order chi connectivity index (χ1) is 13.1. The normalized spacial score (nSPS) is 19.8. The van der Waals surface area contributed by atoms with E-state index < -0.39 is 35.3 Å². The fourth-order valence-corrected chi connectivity index (χ4v) is 3.56. The third-order valence-electron chi connectivity index (χ3n) is 4.93. The van der Waals surface area contributed by atoms with E-state index in [1.165, 1.54) is 26.2 Å². The number of methoxy groups -OCH3 is 1. The Labute approximate surface area is 158 Å². The summed E-state index contributed by atoms with van der Waals surface area (Å²) < 4.78 is 44.6. The molecule has 28 heavy (non-hydrogen) atoms. The van der Waals surface area contributed by atoms with Crippen molar-refractivity contribution in [3.05, 3.63) is 35.0 Å². The van der Waals surface area contributed by atoms with Gasteiger partial charge in [-0.15, -0.1) is 0 Å². The number of pyridine rings is 1. The number of carbonyl (C=O) groups is 2. The molecule has 1 aliphatic heterocycles. The molecule has 9 heteroatoms. The van der Waals surface area contributed by atoms with Crippen LogP contribution in [0.5, 0.6) is 5.75 Å². The quantitative estimate of drug-likeness (QED) is 0.610. The van der Waals surface area contributed by atoms with Crippen LogP contribution >= 0.6 is 0 Å². The van der Waals surface area contributed by atoms with Crippen molar-refractivity contribution in [2.24, 2.45) is 5.92 Å². The van der Waals surface area contributed by atoms with E-state index in [4.69, 9.17) is 0 Å². The lowest BCUT2D eigenvalue weighted by Crippen LogP contribution is -2.31. The number of benzene rings is 1. The molecule has 2 atom stereocenters. The maximum atomic E-state index is 13.3. The van der Waals surface area contributed by atoms with Crippen LogP contribution in [0, 0.1) is 12.8 Å². The molecule has 1 aliphatic rings. The van der Waals surface area contributed by atoms with Gasteiger partial charge in [-0.3, -0.25) is 9.59 Å². The average molecular weight is 396 g/mol. The minimum Gasteiger partial charge on any atom is -0.505 e. The molecule has 2 unspecified atom stereocenters. The number of Topliss-reactive ketones (excluding diaryl/α,β-unsaturated/α-hetero) is 1. The van der Waals surface area contributed by atoms with Gasteiger partial charge < -0.3 is 15.2 Å². The van der Waals surface area contributed by atoms with Crippen LogP contribution in [0.4, 0.5) is 13.2 Å². The third-order valence-corrected chi connectivity index (χ3v) is 4.93. The van der Waals surface area contributed by atoms with Gasteiger partial charge in [0, 0.05) is 11.8 Å². The minimum absolute atomic E-state index is 0.0249. The van der Waals surface area contributed by atoms with Crippen molar-refractivity contribution in [1.82, 2.24) is 10.3 Å². The van der Waals surface area contributed by atoms with Gasteiger partial charge in [0.15, 0.2) is 5.78 Å². The summed E-state index contributed by atoms with van der Waals surface area (Å²) in [5, 5.41) is 13.3. The third kappa shape index (κ3) is 3.66. The van der Waals surface area contributed by atoms with E-state index in [-0.39, 0.29) is 34.5 Å². The molecule has 2 aromatic rings. The molecule has 3 rings (SSSR count). The summed E-state index contributed by atoms with van der Waals surface area (Å²) in [5.74, 6) is -1.56. The Balaban J connectivity index is 1.97. The zero-order chi connectivity index (χ0) is 20.6. The van der Waals surface area contributed by atoms with E-state index in [1.54, 1.807) is 0 Å². The lowest BCUT2D eigenvalue weighted by atomic mass is 9.92. The molecule has 150 valence electrons. The number of halogens is 3. The van der Waals surface area contributed by atoms with Crippen LogP contribution in [-0.4, -0.2) is 41.5 Å². The number of aryl methyl sites for hydroxylation is 1. The highest BCUT2D eigenvalue weighted by Crippen LogP contribution is 2.38. The molecule has 1 aromatic heterocycles. The molecule has 0 saturated carbocycles. The Kier molecular flexibility index (Phi) is 5.29. The summed E-state index contributed by atoms with van der Waals surface area (Å²) >= 11 is 0. The van der Waals surface area contributed by atoms with Gasteiger partial charge in [0.2, 0.25) is 0 Å². The van der Waals surface area contributed by atoms with E-state index >= 15 is 0 Å². The minimum atomic E-state index is -4.64. The van der Waals surface area contributed by atoms with Gasteiger partial charge >= 0.3 is 12.1 Å². The zero-order valence-electron chi connectivity index (χ0n) is 15.3. The lowest BCUT2D eigenvalue weighted by molar-refractivity contribution is -0.142. The Morgan fingerprint density at radius 3 is 2.71 bits per heavy atom. The van der Waals surface area contributed by atoms with Crippen molar-refractivity contribution in [2.45, 2.75) is 32.0 Å². The molecule has 0 aliphatic carbocycles. The highest BCUT2D eigenvalue weighted by Gasteiger charge is 2.36. The first kappa shape index (κ1) is 20.1. The first-order valence-corrected chi connectivity index (χ1v) is 8.67.